The number of aliphatic imine (C=N–C) groups is 1. The zero-order chi connectivity index (χ0) is 13.7. The Bertz CT molecular complexity index is 469. The maximum absolute atomic E-state index is 13.6. The van der Waals surface area contributed by atoms with E-state index in [2.05, 4.69) is 9.73 Å². The SMILES string of the molecule is CCOC(=O)c1cc(F)c(N=C(N)CCl)c(F)c1. The van der Waals surface area contributed by atoms with Gasteiger partial charge in [0, 0.05) is 0 Å². The van der Waals surface area contributed by atoms with Gasteiger partial charge in [0.25, 0.3) is 0 Å². The quantitative estimate of drug-likeness (QED) is 0.397. The molecule has 98 valence electrons. The molecule has 1 rings (SSSR count). The highest BCUT2D eigenvalue weighted by molar-refractivity contribution is 6.28. The van der Waals surface area contributed by atoms with Crippen LogP contribution in [0.25, 0.3) is 0 Å². The van der Waals surface area contributed by atoms with Crippen LogP contribution in [0.4, 0.5) is 14.5 Å². The second kappa shape index (κ2) is 6.30. The normalized spacial score (nSPS) is 11.4. The summed E-state index contributed by atoms with van der Waals surface area (Å²) in [4.78, 5) is 14.8. The van der Waals surface area contributed by atoms with Gasteiger partial charge in [0.05, 0.1) is 18.1 Å². The molecule has 0 heterocycles. The third kappa shape index (κ3) is 3.40. The number of alkyl halides is 1. The van der Waals surface area contributed by atoms with Crippen LogP contribution in [-0.4, -0.2) is 24.3 Å². The summed E-state index contributed by atoms with van der Waals surface area (Å²) in [5.74, 6) is -3.11. The van der Waals surface area contributed by atoms with Crippen LogP contribution in [-0.2, 0) is 4.74 Å². The molecule has 0 aliphatic carbocycles. The van der Waals surface area contributed by atoms with Gasteiger partial charge in [-0.1, -0.05) is 0 Å². The van der Waals surface area contributed by atoms with Crippen LogP contribution in [0.3, 0.4) is 0 Å². The van der Waals surface area contributed by atoms with E-state index < -0.39 is 23.3 Å². The van der Waals surface area contributed by atoms with Gasteiger partial charge in [-0.3, -0.25) is 0 Å². The van der Waals surface area contributed by atoms with Gasteiger partial charge in [0.1, 0.15) is 11.5 Å². The molecule has 0 atom stereocenters. The molecular formula is C11H11ClF2N2O2. The highest BCUT2D eigenvalue weighted by atomic mass is 35.5. The van der Waals surface area contributed by atoms with Crippen molar-refractivity contribution in [2.45, 2.75) is 6.92 Å². The molecule has 0 saturated heterocycles. The topological polar surface area (TPSA) is 64.7 Å². The number of hydrogen-bond acceptors (Lipinski definition) is 3. The molecule has 4 nitrogen and oxygen atoms in total. The predicted octanol–water partition coefficient (Wildman–Crippen LogP) is 2.37. The first-order valence-electron chi connectivity index (χ1n) is 5.04. The molecule has 1 aromatic rings. The van der Waals surface area contributed by atoms with Gasteiger partial charge in [0.2, 0.25) is 0 Å². The molecule has 0 unspecified atom stereocenters. The maximum atomic E-state index is 13.6. The first-order valence-corrected chi connectivity index (χ1v) is 5.58. The summed E-state index contributed by atoms with van der Waals surface area (Å²) in [6, 6.07) is 1.67. The lowest BCUT2D eigenvalue weighted by molar-refractivity contribution is 0.0525. The number of esters is 1. The third-order valence-electron chi connectivity index (χ3n) is 1.92. The first kappa shape index (κ1) is 14.4. The Kier molecular flexibility index (Phi) is 5.03. The standard InChI is InChI=1S/C11H11ClF2N2O2/c1-2-18-11(17)6-3-7(13)10(8(14)4-6)16-9(15)5-12/h3-4H,2,5H2,1H3,(H2,15,16). The van der Waals surface area contributed by atoms with Gasteiger partial charge < -0.3 is 10.5 Å². The number of halogens is 3. The average molecular weight is 277 g/mol. The van der Waals surface area contributed by atoms with Gasteiger partial charge >= 0.3 is 5.97 Å². The number of carbonyl (C=O) groups is 1. The molecule has 0 aromatic heterocycles. The number of carbonyl (C=O) groups excluding carboxylic acids is 1. The van der Waals surface area contributed by atoms with Crippen molar-refractivity contribution in [1.82, 2.24) is 0 Å². The maximum Gasteiger partial charge on any atom is 0.338 e. The lowest BCUT2D eigenvalue weighted by Crippen LogP contribution is -2.13. The Morgan fingerprint density at radius 3 is 2.44 bits per heavy atom. The number of nitrogens with zero attached hydrogens (tertiary/aromatic N) is 1. The van der Waals surface area contributed by atoms with E-state index in [4.69, 9.17) is 17.3 Å². The van der Waals surface area contributed by atoms with Gasteiger partial charge in [-0.2, -0.15) is 0 Å². The highest BCUT2D eigenvalue weighted by Crippen LogP contribution is 2.24. The summed E-state index contributed by atoms with van der Waals surface area (Å²) >= 11 is 5.35. The van der Waals surface area contributed by atoms with Crippen LogP contribution in [0.2, 0.25) is 0 Å². The molecule has 7 heteroatoms. The van der Waals surface area contributed by atoms with Gasteiger partial charge in [-0.25, -0.2) is 18.6 Å². The number of amidine groups is 1. The Morgan fingerprint density at radius 2 is 2.00 bits per heavy atom. The molecule has 0 aliphatic heterocycles. The fraction of sp³-hybridized carbons (Fsp3) is 0.273. The molecule has 0 aliphatic rings. The van der Waals surface area contributed by atoms with Crippen molar-refractivity contribution in [3.05, 3.63) is 29.3 Å². The van der Waals surface area contributed by atoms with Crippen molar-refractivity contribution in [3.63, 3.8) is 0 Å². The summed E-state index contributed by atoms with van der Waals surface area (Å²) in [6.45, 7) is 1.70. The van der Waals surface area contributed by atoms with Crippen LogP contribution in [0.5, 0.6) is 0 Å². The molecule has 1 aromatic carbocycles. The van der Waals surface area contributed by atoms with Gasteiger partial charge in [0.15, 0.2) is 11.6 Å². The Labute approximate surface area is 107 Å². The van der Waals surface area contributed by atoms with Gasteiger partial charge in [-0.15, -0.1) is 11.6 Å². The van der Waals surface area contributed by atoms with E-state index >= 15 is 0 Å². The largest absolute Gasteiger partial charge is 0.462 e. The summed E-state index contributed by atoms with van der Waals surface area (Å²) < 4.78 is 31.7. The summed E-state index contributed by atoms with van der Waals surface area (Å²) in [7, 11) is 0. The zero-order valence-corrected chi connectivity index (χ0v) is 10.3. The lowest BCUT2D eigenvalue weighted by atomic mass is 10.2. The molecule has 0 amide bonds. The molecular weight excluding hydrogens is 266 g/mol. The van der Waals surface area contributed by atoms with Crippen LogP contribution in [0, 0.1) is 11.6 Å². The lowest BCUT2D eigenvalue weighted by Gasteiger charge is -2.05. The van der Waals surface area contributed by atoms with E-state index in [0.717, 1.165) is 12.1 Å². The van der Waals surface area contributed by atoms with E-state index in [1.165, 1.54) is 0 Å². The van der Waals surface area contributed by atoms with E-state index in [0.29, 0.717) is 0 Å². The fourth-order valence-corrected chi connectivity index (χ4v) is 1.24. The van der Waals surface area contributed by atoms with E-state index in [1.807, 2.05) is 0 Å². The molecule has 0 spiro atoms. The minimum Gasteiger partial charge on any atom is -0.462 e. The van der Waals surface area contributed by atoms with E-state index in [9.17, 15) is 13.6 Å². The van der Waals surface area contributed by atoms with Crippen LogP contribution in [0.15, 0.2) is 17.1 Å². The highest BCUT2D eigenvalue weighted by Gasteiger charge is 2.15. The Balaban J connectivity index is 3.16. The molecule has 2 N–H and O–H groups in total. The first-order chi connectivity index (χ1) is 8.49. The summed E-state index contributed by atoms with van der Waals surface area (Å²) in [6.07, 6.45) is 0. The molecule has 0 fully saturated rings. The summed E-state index contributed by atoms with van der Waals surface area (Å²) in [5.41, 5.74) is 4.47. The molecule has 0 bridgehead atoms. The molecule has 0 saturated carbocycles. The summed E-state index contributed by atoms with van der Waals surface area (Å²) in [5, 5.41) is 0. The predicted molar refractivity (Wildman–Crippen MR) is 64.3 cm³/mol. The minimum absolute atomic E-state index is 0.112. The average Bonchev–Trinajstić information content (AvgIpc) is 2.33. The Morgan fingerprint density at radius 1 is 1.44 bits per heavy atom. The van der Waals surface area contributed by atoms with Crippen molar-refractivity contribution in [2.75, 3.05) is 12.5 Å². The molecule has 18 heavy (non-hydrogen) atoms. The Hall–Kier alpha value is -1.69. The van der Waals surface area contributed by atoms with Crippen molar-refractivity contribution in [3.8, 4) is 0 Å². The molecule has 0 radical (unpaired) electrons. The number of ether oxygens (including phenoxy) is 1. The second-order valence-corrected chi connectivity index (χ2v) is 3.51. The van der Waals surface area contributed by atoms with Crippen LogP contribution in [0.1, 0.15) is 17.3 Å². The third-order valence-corrected chi connectivity index (χ3v) is 2.19. The number of rotatable bonds is 4. The van der Waals surface area contributed by atoms with Crippen molar-refractivity contribution >= 4 is 29.1 Å². The van der Waals surface area contributed by atoms with Crippen LogP contribution >= 0.6 is 11.6 Å². The van der Waals surface area contributed by atoms with E-state index in [-0.39, 0.29) is 23.9 Å². The second-order valence-electron chi connectivity index (χ2n) is 3.25. The van der Waals surface area contributed by atoms with E-state index in [1.54, 1.807) is 6.92 Å². The minimum atomic E-state index is -1.01. The smallest absolute Gasteiger partial charge is 0.338 e. The van der Waals surface area contributed by atoms with Crippen molar-refractivity contribution in [2.24, 2.45) is 10.7 Å². The number of benzene rings is 1. The monoisotopic (exact) mass is 276 g/mol. The van der Waals surface area contributed by atoms with Crippen molar-refractivity contribution in [1.29, 1.82) is 0 Å². The number of nitrogens with two attached hydrogens (primary N) is 1. The number of hydrogen-bond donors (Lipinski definition) is 1. The van der Waals surface area contributed by atoms with Gasteiger partial charge in [-0.05, 0) is 19.1 Å². The van der Waals surface area contributed by atoms with Crippen molar-refractivity contribution < 1.29 is 18.3 Å². The fourth-order valence-electron chi connectivity index (χ4n) is 1.18. The van der Waals surface area contributed by atoms with Crippen LogP contribution < -0.4 is 5.73 Å². The zero-order valence-electron chi connectivity index (χ0n) is 9.54.